The number of hydrogen-bond donors (Lipinski definition) is 1. The average molecular weight is 223 g/mol. The fourth-order valence-corrected chi connectivity index (χ4v) is 2.51. The van der Waals surface area contributed by atoms with E-state index >= 15 is 0 Å². The predicted octanol–water partition coefficient (Wildman–Crippen LogP) is 2.14. The van der Waals surface area contributed by atoms with E-state index < -0.39 is 0 Å². The van der Waals surface area contributed by atoms with Gasteiger partial charge in [-0.15, -0.1) is 0 Å². The van der Waals surface area contributed by atoms with Crippen LogP contribution in [0.25, 0.3) is 0 Å². The molecule has 1 aliphatic heterocycles. The van der Waals surface area contributed by atoms with Crippen LogP contribution in [-0.2, 0) is 0 Å². The summed E-state index contributed by atoms with van der Waals surface area (Å²) in [5.74, 6) is 0. The fraction of sp³-hybridized carbons (Fsp3) is 0.923. The van der Waals surface area contributed by atoms with Crippen LogP contribution in [0.1, 0.15) is 46.0 Å². The van der Waals surface area contributed by atoms with Crippen LogP contribution in [0, 0.1) is 11.3 Å². The zero-order valence-electron chi connectivity index (χ0n) is 10.7. The van der Waals surface area contributed by atoms with Crippen LogP contribution in [0.5, 0.6) is 0 Å². The molecule has 1 aliphatic rings. The van der Waals surface area contributed by atoms with Gasteiger partial charge < -0.3 is 10.2 Å². The van der Waals surface area contributed by atoms with E-state index in [0.29, 0.717) is 12.5 Å². The molecule has 1 saturated heterocycles. The maximum Gasteiger partial charge on any atom is 0.0621 e. The lowest BCUT2D eigenvalue weighted by molar-refractivity contribution is 0.143. The molecule has 0 radical (unpaired) electrons. The Balaban J connectivity index is 2.09. The number of rotatable bonds is 6. The molecule has 1 heterocycles. The number of unbranched alkanes of at least 4 members (excludes halogenated alkanes) is 2. The molecule has 0 amide bonds. The SMILES string of the molecule is CCN1CCC(NCCCCC#N)CC1C. The van der Waals surface area contributed by atoms with Gasteiger partial charge in [0.1, 0.15) is 0 Å². The summed E-state index contributed by atoms with van der Waals surface area (Å²) in [6, 6.07) is 3.60. The molecule has 0 aliphatic carbocycles. The van der Waals surface area contributed by atoms with Gasteiger partial charge in [-0.1, -0.05) is 6.92 Å². The molecule has 3 nitrogen and oxygen atoms in total. The third-order valence-corrected chi connectivity index (χ3v) is 3.57. The van der Waals surface area contributed by atoms with Crippen LogP contribution in [0.4, 0.5) is 0 Å². The molecule has 0 bridgehead atoms. The quantitative estimate of drug-likeness (QED) is 0.701. The monoisotopic (exact) mass is 223 g/mol. The third kappa shape index (κ3) is 4.51. The van der Waals surface area contributed by atoms with Crippen molar-refractivity contribution in [1.29, 1.82) is 5.26 Å². The van der Waals surface area contributed by atoms with Crippen molar-refractivity contribution in [3.05, 3.63) is 0 Å². The van der Waals surface area contributed by atoms with Gasteiger partial charge in [-0.3, -0.25) is 0 Å². The summed E-state index contributed by atoms with van der Waals surface area (Å²) < 4.78 is 0. The molecule has 0 aromatic heterocycles. The van der Waals surface area contributed by atoms with Crippen molar-refractivity contribution in [2.75, 3.05) is 19.6 Å². The lowest BCUT2D eigenvalue weighted by Gasteiger charge is -2.37. The smallest absolute Gasteiger partial charge is 0.0621 e. The molecule has 1 fully saturated rings. The second-order valence-electron chi connectivity index (χ2n) is 4.77. The van der Waals surface area contributed by atoms with Crippen molar-refractivity contribution in [3.63, 3.8) is 0 Å². The molecule has 0 aromatic rings. The Morgan fingerprint density at radius 1 is 1.44 bits per heavy atom. The van der Waals surface area contributed by atoms with Gasteiger partial charge in [0, 0.05) is 18.5 Å². The molecule has 92 valence electrons. The molecule has 1 N–H and O–H groups in total. The van der Waals surface area contributed by atoms with Crippen LogP contribution in [0.15, 0.2) is 0 Å². The minimum absolute atomic E-state index is 0.694. The number of nitrogens with one attached hydrogen (secondary N) is 1. The maximum atomic E-state index is 8.43. The van der Waals surface area contributed by atoms with Crippen LogP contribution >= 0.6 is 0 Å². The minimum atomic E-state index is 0.694. The zero-order valence-corrected chi connectivity index (χ0v) is 10.7. The van der Waals surface area contributed by atoms with Crippen molar-refractivity contribution >= 4 is 0 Å². The number of nitriles is 1. The highest BCUT2D eigenvalue weighted by Gasteiger charge is 2.23. The summed E-state index contributed by atoms with van der Waals surface area (Å²) in [7, 11) is 0. The van der Waals surface area contributed by atoms with E-state index in [1.807, 2.05) is 0 Å². The summed E-state index contributed by atoms with van der Waals surface area (Å²) in [5.41, 5.74) is 0. The molecule has 0 spiro atoms. The predicted molar refractivity (Wildman–Crippen MR) is 67.2 cm³/mol. The third-order valence-electron chi connectivity index (χ3n) is 3.57. The van der Waals surface area contributed by atoms with E-state index in [2.05, 4.69) is 30.1 Å². The number of nitrogens with zero attached hydrogens (tertiary/aromatic N) is 2. The van der Waals surface area contributed by atoms with Gasteiger partial charge in [-0.2, -0.15) is 5.26 Å². The van der Waals surface area contributed by atoms with Crippen molar-refractivity contribution in [2.45, 2.75) is 58.0 Å². The topological polar surface area (TPSA) is 39.1 Å². The molecule has 3 heteroatoms. The highest BCUT2D eigenvalue weighted by Crippen LogP contribution is 2.16. The molecular formula is C13H25N3. The highest BCUT2D eigenvalue weighted by molar-refractivity contribution is 4.82. The summed E-state index contributed by atoms with van der Waals surface area (Å²) in [4.78, 5) is 2.55. The molecule has 0 aromatic carbocycles. The highest BCUT2D eigenvalue weighted by atomic mass is 15.2. The Bertz CT molecular complexity index is 222. The van der Waals surface area contributed by atoms with Gasteiger partial charge in [-0.05, 0) is 52.2 Å². The molecule has 16 heavy (non-hydrogen) atoms. The first kappa shape index (κ1) is 13.5. The molecule has 0 saturated carbocycles. The van der Waals surface area contributed by atoms with Crippen molar-refractivity contribution in [2.24, 2.45) is 0 Å². The largest absolute Gasteiger partial charge is 0.314 e. The number of piperidine rings is 1. The Hall–Kier alpha value is -0.590. The summed E-state index contributed by atoms with van der Waals surface area (Å²) in [6.07, 6.45) is 5.41. The molecule has 2 atom stereocenters. The van der Waals surface area contributed by atoms with Crippen molar-refractivity contribution < 1.29 is 0 Å². The Morgan fingerprint density at radius 2 is 2.25 bits per heavy atom. The first-order chi connectivity index (χ1) is 7.77. The average Bonchev–Trinajstić information content (AvgIpc) is 2.29. The van der Waals surface area contributed by atoms with Gasteiger partial charge in [0.15, 0.2) is 0 Å². The van der Waals surface area contributed by atoms with E-state index in [0.717, 1.165) is 25.4 Å². The van der Waals surface area contributed by atoms with E-state index in [1.54, 1.807) is 0 Å². The first-order valence-electron chi connectivity index (χ1n) is 6.62. The first-order valence-corrected chi connectivity index (χ1v) is 6.62. The van der Waals surface area contributed by atoms with Gasteiger partial charge >= 0.3 is 0 Å². The number of likely N-dealkylation sites (tertiary alicyclic amines) is 1. The summed E-state index contributed by atoms with van der Waals surface area (Å²) in [5, 5.41) is 12.0. The van der Waals surface area contributed by atoms with Crippen molar-refractivity contribution in [1.82, 2.24) is 10.2 Å². The van der Waals surface area contributed by atoms with E-state index in [4.69, 9.17) is 5.26 Å². The van der Waals surface area contributed by atoms with Gasteiger partial charge in [0.25, 0.3) is 0 Å². The lowest BCUT2D eigenvalue weighted by atomic mass is 9.98. The van der Waals surface area contributed by atoms with E-state index in [1.165, 1.54) is 25.9 Å². The Labute approximate surface area is 99.8 Å². The summed E-state index contributed by atoms with van der Waals surface area (Å²) >= 11 is 0. The molecule has 1 rings (SSSR count). The second-order valence-corrected chi connectivity index (χ2v) is 4.77. The van der Waals surface area contributed by atoms with Crippen LogP contribution in [0.3, 0.4) is 0 Å². The lowest BCUT2D eigenvalue weighted by Crippen LogP contribution is -2.47. The standard InChI is InChI=1S/C13H25N3/c1-3-16-10-7-13(11-12(16)2)15-9-6-4-5-8-14/h12-13,15H,3-7,9-11H2,1-2H3. The van der Waals surface area contributed by atoms with E-state index in [9.17, 15) is 0 Å². The van der Waals surface area contributed by atoms with Crippen LogP contribution < -0.4 is 5.32 Å². The van der Waals surface area contributed by atoms with Crippen molar-refractivity contribution in [3.8, 4) is 6.07 Å². The van der Waals surface area contributed by atoms with Gasteiger partial charge in [-0.25, -0.2) is 0 Å². The van der Waals surface area contributed by atoms with Crippen LogP contribution in [0.2, 0.25) is 0 Å². The molecule has 2 unspecified atom stereocenters. The maximum absolute atomic E-state index is 8.43. The Kier molecular flexibility index (Phi) is 6.44. The van der Waals surface area contributed by atoms with Gasteiger partial charge in [0.2, 0.25) is 0 Å². The zero-order chi connectivity index (χ0) is 11.8. The van der Waals surface area contributed by atoms with E-state index in [-0.39, 0.29) is 0 Å². The number of hydrogen-bond acceptors (Lipinski definition) is 3. The normalized spacial score (nSPS) is 26.6. The molecular weight excluding hydrogens is 198 g/mol. The van der Waals surface area contributed by atoms with Crippen LogP contribution in [-0.4, -0.2) is 36.6 Å². The minimum Gasteiger partial charge on any atom is -0.314 e. The Morgan fingerprint density at radius 3 is 2.88 bits per heavy atom. The van der Waals surface area contributed by atoms with Gasteiger partial charge in [0.05, 0.1) is 6.07 Å². The fourth-order valence-electron chi connectivity index (χ4n) is 2.51. The summed E-state index contributed by atoms with van der Waals surface area (Å²) in [6.45, 7) is 8.05. The second kappa shape index (κ2) is 7.65.